The highest BCUT2D eigenvalue weighted by Gasteiger charge is 2.22. The predicted octanol–water partition coefficient (Wildman–Crippen LogP) is 3.37. The van der Waals surface area contributed by atoms with E-state index in [-0.39, 0.29) is 22.9 Å². The number of carbonyl (C=O) groups excluding carboxylic acids is 2. The van der Waals surface area contributed by atoms with Gasteiger partial charge in [-0.2, -0.15) is 5.26 Å². The number of aliphatic hydroxyl groups excluding tert-OH is 1. The summed E-state index contributed by atoms with van der Waals surface area (Å²) in [4.78, 5) is 31.3. The molecule has 0 saturated carbocycles. The molecular weight excluding hydrogens is 372 g/mol. The van der Waals surface area contributed by atoms with Crippen LogP contribution in [0.3, 0.4) is 0 Å². The average Bonchev–Trinajstić information content (AvgIpc) is 3.17. The number of ketones is 1. The lowest BCUT2D eigenvalue weighted by Gasteiger charge is -2.07. The van der Waals surface area contributed by atoms with Crippen LogP contribution in [0.5, 0.6) is 0 Å². The number of allylic oxidation sites excluding steroid dienone is 1. The van der Waals surface area contributed by atoms with Crippen LogP contribution in [-0.4, -0.2) is 38.0 Å². The average molecular weight is 392 g/mol. The highest BCUT2D eigenvalue weighted by molar-refractivity contribution is 6.01. The van der Waals surface area contributed by atoms with Crippen LogP contribution >= 0.6 is 0 Å². The summed E-state index contributed by atoms with van der Waals surface area (Å²) in [5, 5.41) is 19.9. The van der Waals surface area contributed by atoms with Crippen LogP contribution in [0.1, 0.15) is 44.9 Å². The molecular formula is C21H20N4O4. The molecule has 3 aromatic rings. The number of aromatic nitrogens is 3. The first-order valence-corrected chi connectivity index (χ1v) is 8.87. The number of H-pyrrole nitrogens is 1. The number of rotatable bonds is 5. The maximum Gasteiger partial charge on any atom is 0.355 e. The van der Waals surface area contributed by atoms with Gasteiger partial charge in [-0.05, 0) is 38.5 Å². The van der Waals surface area contributed by atoms with E-state index in [1.54, 1.807) is 31.5 Å². The van der Waals surface area contributed by atoms with Crippen molar-refractivity contribution in [3.8, 4) is 6.07 Å². The van der Waals surface area contributed by atoms with Gasteiger partial charge < -0.3 is 19.4 Å². The number of para-hydroxylation sites is 2. The van der Waals surface area contributed by atoms with Crippen molar-refractivity contribution in [1.29, 1.82) is 5.26 Å². The van der Waals surface area contributed by atoms with Crippen molar-refractivity contribution < 1.29 is 19.4 Å². The van der Waals surface area contributed by atoms with E-state index in [1.807, 2.05) is 24.3 Å². The summed E-state index contributed by atoms with van der Waals surface area (Å²) in [5.74, 6) is -1.03. The summed E-state index contributed by atoms with van der Waals surface area (Å²) in [7, 11) is 1.73. The zero-order chi connectivity index (χ0) is 21.3. The number of aryl methyl sites for hydroxylation is 2. The first-order valence-electron chi connectivity index (χ1n) is 8.87. The Labute approximate surface area is 167 Å². The first kappa shape index (κ1) is 19.9. The van der Waals surface area contributed by atoms with Gasteiger partial charge in [0.15, 0.2) is 17.4 Å². The third-order valence-electron chi connectivity index (χ3n) is 4.74. The number of nitrogens with zero attached hydrogens (tertiary/aromatic N) is 3. The molecule has 2 N–H and O–H groups in total. The number of carbonyl (C=O) groups is 2. The minimum absolute atomic E-state index is 0.0830. The molecule has 2 heterocycles. The van der Waals surface area contributed by atoms with E-state index in [0.29, 0.717) is 22.3 Å². The van der Waals surface area contributed by atoms with Crippen molar-refractivity contribution in [3.63, 3.8) is 0 Å². The number of Topliss-reactive ketones (excluding diaryl/α,β-unsaturated/α-hetero) is 1. The number of nitrogens with one attached hydrogen (secondary N) is 1. The van der Waals surface area contributed by atoms with Crippen molar-refractivity contribution >= 4 is 28.4 Å². The Bertz CT molecular complexity index is 1210. The second kappa shape index (κ2) is 7.64. The van der Waals surface area contributed by atoms with Crippen LogP contribution in [-0.2, 0) is 11.8 Å². The number of ether oxygens (including phenoxy) is 1. The number of esters is 1. The molecule has 0 aliphatic heterocycles. The van der Waals surface area contributed by atoms with Crippen molar-refractivity contribution in [2.45, 2.75) is 20.8 Å². The Morgan fingerprint density at radius 1 is 1.31 bits per heavy atom. The van der Waals surface area contributed by atoms with Crippen LogP contribution in [0.25, 0.3) is 16.6 Å². The Hall–Kier alpha value is -3.86. The molecule has 0 spiro atoms. The lowest BCUT2D eigenvalue weighted by atomic mass is 10.1. The quantitative estimate of drug-likeness (QED) is 0.297. The van der Waals surface area contributed by atoms with Crippen LogP contribution < -0.4 is 0 Å². The molecule has 8 heteroatoms. The molecule has 3 rings (SSSR count). The van der Waals surface area contributed by atoms with Gasteiger partial charge in [0.1, 0.15) is 23.9 Å². The topological polar surface area (TPSA) is 121 Å². The number of imidazole rings is 1. The van der Waals surface area contributed by atoms with E-state index in [1.165, 1.54) is 6.92 Å². The fourth-order valence-electron chi connectivity index (χ4n) is 3.37. The normalized spacial score (nSPS) is 11.8. The van der Waals surface area contributed by atoms with Gasteiger partial charge in [0.2, 0.25) is 0 Å². The van der Waals surface area contributed by atoms with Crippen LogP contribution in [0, 0.1) is 25.2 Å². The summed E-state index contributed by atoms with van der Waals surface area (Å²) < 4.78 is 6.84. The van der Waals surface area contributed by atoms with Gasteiger partial charge in [0.05, 0.1) is 11.0 Å². The fraction of sp³-hybridized carbons (Fsp3) is 0.238. The number of nitriles is 1. The SMILES string of the molecule is CC(=O)c1c(C)[nH]c(C(=O)OC/C(O)=C(\C#N)c2nc3ccccc3n2C)c1C. The molecule has 2 aromatic heterocycles. The lowest BCUT2D eigenvalue weighted by molar-refractivity contribution is 0.0495. The standard InChI is InChI=1S/C21H20N4O4/c1-11-18(13(3)26)12(2)23-19(11)21(28)29-10-17(27)14(9-22)20-24-15-7-5-6-8-16(15)25(20)4/h5-8,23,27H,10H2,1-4H3/b17-14-. The van der Waals surface area contributed by atoms with Gasteiger partial charge in [-0.3, -0.25) is 4.79 Å². The zero-order valence-electron chi connectivity index (χ0n) is 16.5. The van der Waals surface area contributed by atoms with E-state index < -0.39 is 18.3 Å². The van der Waals surface area contributed by atoms with Gasteiger partial charge in [-0.1, -0.05) is 12.1 Å². The Balaban J connectivity index is 1.87. The Kier molecular flexibility index (Phi) is 5.24. The summed E-state index contributed by atoms with van der Waals surface area (Å²) in [5.41, 5.74) is 3.03. The van der Waals surface area contributed by atoms with Crippen LogP contribution in [0.2, 0.25) is 0 Å². The van der Waals surface area contributed by atoms with E-state index in [0.717, 1.165) is 5.52 Å². The number of aliphatic hydroxyl groups is 1. The van der Waals surface area contributed by atoms with Gasteiger partial charge in [-0.25, -0.2) is 9.78 Å². The van der Waals surface area contributed by atoms with Gasteiger partial charge >= 0.3 is 5.97 Å². The molecule has 0 aliphatic carbocycles. The summed E-state index contributed by atoms with van der Waals surface area (Å²) in [6, 6.07) is 9.25. The van der Waals surface area contributed by atoms with Crippen LogP contribution in [0.15, 0.2) is 30.0 Å². The smallest absolute Gasteiger partial charge is 0.355 e. The van der Waals surface area contributed by atoms with Crippen molar-refractivity contribution in [3.05, 3.63) is 58.4 Å². The molecule has 29 heavy (non-hydrogen) atoms. The van der Waals surface area contributed by atoms with Gasteiger partial charge in [-0.15, -0.1) is 0 Å². The number of aromatic amines is 1. The van der Waals surface area contributed by atoms with Crippen molar-refractivity contribution in [1.82, 2.24) is 14.5 Å². The molecule has 0 saturated heterocycles. The van der Waals surface area contributed by atoms with Gasteiger partial charge in [0.25, 0.3) is 0 Å². The molecule has 0 fully saturated rings. The van der Waals surface area contributed by atoms with E-state index >= 15 is 0 Å². The maximum atomic E-state index is 12.4. The predicted molar refractivity (Wildman–Crippen MR) is 106 cm³/mol. The minimum Gasteiger partial charge on any atom is -0.507 e. The molecule has 148 valence electrons. The molecule has 0 atom stereocenters. The number of fused-ring (bicyclic) bond motifs is 1. The number of hydrogen-bond donors (Lipinski definition) is 2. The molecule has 0 radical (unpaired) electrons. The summed E-state index contributed by atoms with van der Waals surface area (Å²) in [6.07, 6.45) is 0. The maximum absolute atomic E-state index is 12.4. The van der Waals surface area contributed by atoms with Crippen molar-refractivity contribution in [2.24, 2.45) is 7.05 Å². The molecule has 8 nitrogen and oxygen atoms in total. The second-order valence-electron chi connectivity index (χ2n) is 6.67. The largest absolute Gasteiger partial charge is 0.507 e. The van der Waals surface area contributed by atoms with E-state index in [4.69, 9.17) is 4.74 Å². The van der Waals surface area contributed by atoms with E-state index in [2.05, 4.69) is 9.97 Å². The Morgan fingerprint density at radius 2 is 2.00 bits per heavy atom. The van der Waals surface area contributed by atoms with E-state index in [9.17, 15) is 20.0 Å². The number of benzene rings is 1. The molecule has 0 aliphatic rings. The number of hydrogen-bond acceptors (Lipinski definition) is 6. The molecule has 0 unspecified atom stereocenters. The third kappa shape index (κ3) is 3.50. The third-order valence-corrected chi connectivity index (χ3v) is 4.74. The lowest BCUT2D eigenvalue weighted by Crippen LogP contribution is -2.11. The highest BCUT2D eigenvalue weighted by Crippen LogP contribution is 2.23. The van der Waals surface area contributed by atoms with Gasteiger partial charge in [0, 0.05) is 18.3 Å². The van der Waals surface area contributed by atoms with Crippen LogP contribution in [0.4, 0.5) is 0 Å². The summed E-state index contributed by atoms with van der Waals surface area (Å²) >= 11 is 0. The molecule has 0 amide bonds. The summed E-state index contributed by atoms with van der Waals surface area (Å²) in [6.45, 7) is 4.25. The zero-order valence-corrected chi connectivity index (χ0v) is 16.5. The minimum atomic E-state index is -0.730. The highest BCUT2D eigenvalue weighted by atomic mass is 16.5. The first-order chi connectivity index (χ1) is 13.8. The fourth-order valence-corrected chi connectivity index (χ4v) is 3.37. The molecule has 0 bridgehead atoms. The van der Waals surface area contributed by atoms with Crippen molar-refractivity contribution in [2.75, 3.05) is 6.61 Å². The Morgan fingerprint density at radius 3 is 2.59 bits per heavy atom. The monoisotopic (exact) mass is 392 g/mol. The second-order valence-corrected chi connectivity index (χ2v) is 6.67. The molecule has 1 aromatic carbocycles.